The zero-order chi connectivity index (χ0) is 17.1. The van der Waals surface area contributed by atoms with Gasteiger partial charge >= 0.3 is 0 Å². The number of ether oxygens (including phenoxy) is 2. The Labute approximate surface area is 146 Å². The van der Waals surface area contributed by atoms with E-state index in [9.17, 15) is 4.79 Å². The molecule has 2 aromatic carbocycles. The molecule has 0 saturated heterocycles. The quantitative estimate of drug-likeness (QED) is 0.868. The van der Waals surface area contributed by atoms with Crippen LogP contribution in [0.3, 0.4) is 0 Å². The number of anilines is 1. The lowest BCUT2D eigenvalue weighted by Gasteiger charge is -2.13. The standard InChI is InChI=1S/C19H20ClNO3/c1-3-24-18-16(20)10-14(11-17(18)23-2)19(22)21-15-8-7-12-5-4-6-13(12)9-15/h7-11H,3-6H2,1-2H3,(H,21,22). The molecule has 1 amide bonds. The maximum Gasteiger partial charge on any atom is 0.255 e. The molecular weight excluding hydrogens is 326 g/mol. The number of methoxy groups -OCH3 is 1. The Kier molecular flexibility index (Phi) is 4.95. The Hall–Kier alpha value is -2.20. The lowest BCUT2D eigenvalue weighted by Crippen LogP contribution is -2.12. The molecule has 0 aliphatic heterocycles. The summed E-state index contributed by atoms with van der Waals surface area (Å²) in [6, 6.07) is 9.31. The first-order valence-corrected chi connectivity index (χ1v) is 8.43. The minimum atomic E-state index is -0.226. The molecular formula is C19H20ClNO3. The number of fused-ring (bicyclic) bond motifs is 1. The summed E-state index contributed by atoms with van der Waals surface area (Å²) in [4.78, 5) is 12.5. The van der Waals surface area contributed by atoms with Gasteiger partial charge in [-0.2, -0.15) is 0 Å². The van der Waals surface area contributed by atoms with Gasteiger partial charge in [-0.25, -0.2) is 0 Å². The molecule has 0 unspecified atom stereocenters. The number of nitrogens with one attached hydrogen (secondary N) is 1. The summed E-state index contributed by atoms with van der Waals surface area (Å²) in [7, 11) is 1.52. The van der Waals surface area contributed by atoms with Gasteiger partial charge in [-0.1, -0.05) is 17.7 Å². The first-order chi connectivity index (χ1) is 11.6. The molecule has 0 saturated carbocycles. The molecule has 0 fully saturated rings. The zero-order valence-corrected chi connectivity index (χ0v) is 14.6. The van der Waals surface area contributed by atoms with Crippen molar-refractivity contribution < 1.29 is 14.3 Å². The van der Waals surface area contributed by atoms with E-state index in [1.165, 1.54) is 24.7 Å². The van der Waals surface area contributed by atoms with E-state index in [2.05, 4.69) is 11.4 Å². The lowest BCUT2D eigenvalue weighted by atomic mass is 10.1. The van der Waals surface area contributed by atoms with E-state index < -0.39 is 0 Å². The van der Waals surface area contributed by atoms with Crippen LogP contribution >= 0.6 is 11.6 Å². The Morgan fingerprint density at radius 3 is 2.75 bits per heavy atom. The van der Waals surface area contributed by atoms with Crippen LogP contribution < -0.4 is 14.8 Å². The highest BCUT2D eigenvalue weighted by Gasteiger charge is 2.17. The number of rotatable bonds is 5. The minimum Gasteiger partial charge on any atom is -0.493 e. The van der Waals surface area contributed by atoms with Gasteiger partial charge in [0.1, 0.15) is 0 Å². The second-order valence-corrected chi connectivity index (χ2v) is 6.12. The van der Waals surface area contributed by atoms with Crippen LogP contribution in [0, 0.1) is 0 Å². The Morgan fingerprint density at radius 1 is 1.21 bits per heavy atom. The molecule has 1 N–H and O–H groups in total. The van der Waals surface area contributed by atoms with Gasteiger partial charge in [-0.3, -0.25) is 4.79 Å². The Morgan fingerprint density at radius 2 is 2.00 bits per heavy atom. The molecule has 0 spiro atoms. The van der Waals surface area contributed by atoms with E-state index in [4.69, 9.17) is 21.1 Å². The Bertz CT molecular complexity index is 773. The van der Waals surface area contributed by atoms with Crippen molar-refractivity contribution in [1.29, 1.82) is 0 Å². The third-order valence-electron chi connectivity index (χ3n) is 4.14. The molecule has 0 radical (unpaired) electrons. The molecule has 0 bridgehead atoms. The van der Waals surface area contributed by atoms with Crippen LogP contribution in [0.1, 0.15) is 34.8 Å². The molecule has 1 aliphatic carbocycles. The van der Waals surface area contributed by atoms with Crippen molar-refractivity contribution in [2.75, 3.05) is 19.0 Å². The van der Waals surface area contributed by atoms with Crippen molar-refractivity contribution in [3.05, 3.63) is 52.0 Å². The normalized spacial score (nSPS) is 12.6. The molecule has 1 aliphatic rings. The smallest absolute Gasteiger partial charge is 0.255 e. The SMILES string of the molecule is CCOc1c(Cl)cc(C(=O)Nc2ccc3c(c2)CCC3)cc1OC. The summed E-state index contributed by atoms with van der Waals surface area (Å²) in [6.45, 7) is 2.33. The predicted octanol–water partition coefficient (Wildman–Crippen LogP) is 4.49. The predicted molar refractivity (Wildman–Crippen MR) is 95.6 cm³/mol. The summed E-state index contributed by atoms with van der Waals surface area (Å²) in [5.74, 6) is 0.676. The fraction of sp³-hybridized carbons (Fsp3) is 0.316. The fourth-order valence-corrected chi connectivity index (χ4v) is 3.25. The van der Waals surface area contributed by atoms with Crippen LogP contribution in [-0.2, 0) is 12.8 Å². The van der Waals surface area contributed by atoms with Gasteiger partial charge in [0.2, 0.25) is 0 Å². The summed E-state index contributed by atoms with van der Waals surface area (Å²) < 4.78 is 10.8. The van der Waals surface area contributed by atoms with E-state index >= 15 is 0 Å². The van der Waals surface area contributed by atoms with Crippen LogP contribution in [0.4, 0.5) is 5.69 Å². The van der Waals surface area contributed by atoms with E-state index in [0.717, 1.165) is 18.5 Å². The van der Waals surface area contributed by atoms with Gasteiger partial charge in [0.25, 0.3) is 5.91 Å². The van der Waals surface area contributed by atoms with Crippen molar-refractivity contribution in [1.82, 2.24) is 0 Å². The van der Waals surface area contributed by atoms with Gasteiger partial charge in [-0.05, 0) is 61.6 Å². The molecule has 3 rings (SSSR count). The van der Waals surface area contributed by atoms with Gasteiger partial charge in [0.15, 0.2) is 11.5 Å². The average molecular weight is 346 g/mol. The van der Waals surface area contributed by atoms with Gasteiger partial charge < -0.3 is 14.8 Å². The number of carbonyl (C=O) groups excluding carboxylic acids is 1. The number of halogens is 1. The average Bonchev–Trinajstić information content (AvgIpc) is 3.04. The first-order valence-electron chi connectivity index (χ1n) is 8.06. The van der Waals surface area contributed by atoms with Crippen LogP contribution in [0.2, 0.25) is 5.02 Å². The van der Waals surface area contributed by atoms with E-state index in [1.54, 1.807) is 12.1 Å². The van der Waals surface area contributed by atoms with Crippen LogP contribution in [0.15, 0.2) is 30.3 Å². The maximum atomic E-state index is 12.5. The second-order valence-electron chi connectivity index (χ2n) is 5.71. The number of hydrogen-bond acceptors (Lipinski definition) is 3. The highest BCUT2D eigenvalue weighted by molar-refractivity contribution is 6.32. The molecule has 0 heterocycles. The van der Waals surface area contributed by atoms with Crippen molar-refractivity contribution in [2.24, 2.45) is 0 Å². The van der Waals surface area contributed by atoms with Crippen molar-refractivity contribution in [3.8, 4) is 11.5 Å². The third kappa shape index (κ3) is 3.34. The maximum absolute atomic E-state index is 12.5. The minimum absolute atomic E-state index is 0.226. The molecule has 0 aromatic heterocycles. The first kappa shape index (κ1) is 16.7. The number of benzene rings is 2. The van der Waals surface area contributed by atoms with Crippen molar-refractivity contribution >= 4 is 23.2 Å². The molecule has 4 nitrogen and oxygen atoms in total. The highest BCUT2D eigenvalue weighted by atomic mass is 35.5. The largest absolute Gasteiger partial charge is 0.493 e. The van der Waals surface area contributed by atoms with Gasteiger partial charge in [0.05, 0.1) is 18.7 Å². The van der Waals surface area contributed by atoms with Crippen molar-refractivity contribution in [3.63, 3.8) is 0 Å². The monoisotopic (exact) mass is 345 g/mol. The summed E-state index contributed by atoms with van der Waals surface area (Å²) in [5.41, 5.74) is 3.92. The molecule has 5 heteroatoms. The van der Waals surface area contributed by atoms with Crippen LogP contribution in [0.5, 0.6) is 11.5 Å². The lowest BCUT2D eigenvalue weighted by molar-refractivity contribution is 0.102. The van der Waals surface area contributed by atoms with Gasteiger partial charge in [0, 0.05) is 11.3 Å². The molecule has 0 atom stereocenters. The number of carbonyl (C=O) groups is 1. The van der Waals surface area contributed by atoms with Crippen LogP contribution in [-0.4, -0.2) is 19.6 Å². The topological polar surface area (TPSA) is 47.6 Å². The molecule has 126 valence electrons. The number of hydrogen-bond donors (Lipinski definition) is 1. The molecule has 24 heavy (non-hydrogen) atoms. The van der Waals surface area contributed by atoms with Crippen LogP contribution in [0.25, 0.3) is 0 Å². The number of aryl methyl sites for hydroxylation is 2. The van der Waals surface area contributed by atoms with E-state index in [-0.39, 0.29) is 5.91 Å². The van der Waals surface area contributed by atoms with Gasteiger partial charge in [-0.15, -0.1) is 0 Å². The Balaban J connectivity index is 1.83. The molecule has 2 aromatic rings. The summed E-state index contributed by atoms with van der Waals surface area (Å²) >= 11 is 6.23. The third-order valence-corrected chi connectivity index (χ3v) is 4.42. The van der Waals surface area contributed by atoms with E-state index in [1.807, 2.05) is 19.1 Å². The van der Waals surface area contributed by atoms with Crippen molar-refractivity contribution in [2.45, 2.75) is 26.2 Å². The fourth-order valence-electron chi connectivity index (χ4n) is 2.99. The summed E-state index contributed by atoms with van der Waals surface area (Å²) in [6.07, 6.45) is 3.37. The van der Waals surface area contributed by atoms with E-state index in [0.29, 0.717) is 28.7 Å². The highest BCUT2D eigenvalue weighted by Crippen LogP contribution is 2.36. The zero-order valence-electron chi connectivity index (χ0n) is 13.8. The summed E-state index contributed by atoms with van der Waals surface area (Å²) in [5, 5.41) is 3.28. The second kappa shape index (κ2) is 7.14. The number of amides is 1.